The molecule has 3 aromatic rings. The molecule has 6 nitrogen and oxygen atoms in total. The second-order valence-corrected chi connectivity index (χ2v) is 10.9. The van der Waals surface area contributed by atoms with E-state index in [0.717, 1.165) is 53.7 Å². The Balaban J connectivity index is 1.43. The molecule has 2 aromatic carbocycles. The smallest absolute Gasteiger partial charge is 0.228 e. The largest absolute Gasteiger partial charge is 0.438 e. The summed E-state index contributed by atoms with van der Waals surface area (Å²) in [5.41, 5.74) is 10.6. The van der Waals surface area contributed by atoms with E-state index in [4.69, 9.17) is 15.5 Å². The fraction of sp³-hybridized carbons (Fsp3) is 0.393. The van der Waals surface area contributed by atoms with Gasteiger partial charge in [-0.3, -0.25) is 5.41 Å². The summed E-state index contributed by atoms with van der Waals surface area (Å²) in [6.07, 6.45) is 9.38. The highest BCUT2D eigenvalue weighted by Crippen LogP contribution is 2.58. The minimum atomic E-state index is -0.226. The molecule has 1 unspecified atom stereocenters. The Hall–Kier alpha value is -3.59. The number of aromatic nitrogens is 2. The molecule has 4 aliphatic carbocycles. The zero-order valence-corrected chi connectivity index (χ0v) is 19.0. The summed E-state index contributed by atoms with van der Waals surface area (Å²) in [6, 6.07) is 15.6. The number of hydrogen-bond acceptors (Lipinski definition) is 5. The Morgan fingerprint density at radius 3 is 2.47 bits per heavy atom. The number of nitrogens with zero attached hydrogens (tertiary/aromatic N) is 3. The van der Waals surface area contributed by atoms with Gasteiger partial charge >= 0.3 is 0 Å². The summed E-state index contributed by atoms with van der Waals surface area (Å²) in [6.45, 7) is 0. The summed E-state index contributed by atoms with van der Waals surface area (Å²) in [4.78, 5) is 4.80. The first-order chi connectivity index (χ1) is 16.5. The minimum absolute atomic E-state index is 0.000921. The van der Waals surface area contributed by atoms with Gasteiger partial charge in [0.1, 0.15) is 17.6 Å². The Kier molecular flexibility index (Phi) is 4.06. The number of fused-ring (bicyclic) bond motifs is 2. The van der Waals surface area contributed by atoms with Gasteiger partial charge in [-0.15, -0.1) is 0 Å². The van der Waals surface area contributed by atoms with Crippen molar-refractivity contribution in [2.75, 3.05) is 5.73 Å². The Labute approximate surface area is 198 Å². The van der Waals surface area contributed by atoms with Crippen LogP contribution < -0.4 is 16.0 Å². The van der Waals surface area contributed by atoms with Crippen molar-refractivity contribution in [3.63, 3.8) is 0 Å². The van der Waals surface area contributed by atoms with Gasteiger partial charge in [0.15, 0.2) is 0 Å². The molecule has 34 heavy (non-hydrogen) atoms. The van der Waals surface area contributed by atoms with Crippen LogP contribution in [0.5, 0.6) is 11.6 Å². The predicted octanol–water partition coefficient (Wildman–Crippen LogP) is 5.03. The molecule has 1 aromatic heterocycles. The van der Waals surface area contributed by atoms with Crippen molar-refractivity contribution >= 4 is 5.69 Å². The first kappa shape index (κ1) is 19.8. The molecular weight excluding hydrogens is 422 g/mol. The van der Waals surface area contributed by atoms with Crippen LogP contribution in [0.15, 0.2) is 48.8 Å². The van der Waals surface area contributed by atoms with Crippen LogP contribution in [0.2, 0.25) is 0 Å². The van der Waals surface area contributed by atoms with Gasteiger partial charge < -0.3 is 15.0 Å². The number of nitrogens with one attached hydrogen (secondary N) is 1. The van der Waals surface area contributed by atoms with E-state index in [1.807, 2.05) is 36.7 Å². The highest BCUT2D eigenvalue weighted by atomic mass is 16.5. The quantitative estimate of drug-likeness (QED) is 0.419. The first-order valence-corrected chi connectivity index (χ1v) is 12.3. The first-order valence-electron chi connectivity index (χ1n) is 12.3. The molecule has 170 valence electrons. The van der Waals surface area contributed by atoms with Crippen molar-refractivity contribution in [3.05, 3.63) is 76.5 Å². The summed E-state index contributed by atoms with van der Waals surface area (Å²) in [5.74, 6) is 3.19. The lowest BCUT2D eigenvalue weighted by Crippen LogP contribution is -2.55. The lowest BCUT2D eigenvalue weighted by molar-refractivity contribution is -0.0462. The maximum atomic E-state index is 9.47. The molecule has 2 heterocycles. The maximum absolute atomic E-state index is 9.47. The average molecular weight is 450 g/mol. The zero-order chi connectivity index (χ0) is 23.0. The molecule has 3 N–H and O–H groups in total. The standard InChI is InChI=1S/C28H27N5O/c29-14-16-4-5-22-23(9-16)34-27-25(24(22)20-2-1-3-21(30)10-20)26(31)33(15-32-27)28-11-17-6-18(12-28)8-19(7-17)13-28/h1-5,9-10,15,17-19,24,31H,6-8,11-13,30H2. The Morgan fingerprint density at radius 2 is 1.79 bits per heavy atom. The van der Waals surface area contributed by atoms with Gasteiger partial charge in [-0.1, -0.05) is 18.2 Å². The molecule has 6 heteroatoms. The zero-order valence-electron chi connectivity index (χ0n) is 19.0. The molecule has 0 saturated heterocycles. The van der Waals surface area contributed by atoms with Crippen LogP contribution in [-0.2, 0) is 5.54 Å². The van der Waals surface area contributed by atoms with Crippen molar-refractivity contribution in [3.8, 4) is 17.7 Å². The highest BCUT2D eigenvalue weighted by molar-refractivity contribution is 5.59. The molecule has 0 spiro atoms. The van der Waals surface area contributed by atoms with Crippen molar-refractivity contribution in [2.24, 2.45) is 17.8 Å². The number of rotatable bonds is 2. The normalized spacial score (nSPS) is 30.2. The molecular formula is C28H27N5O. The van der Waals surface area contributed by atoms with Gasteiger partial charge in [0.05, 0.1) is 17.2 Å². The number of nitrogen functional groups attached to an aromatic ring is 1. The average Bonchev–Trinajstić information content (AvgIpc) is 2.81. The lowest BCUT2D eigenvalue weighted by atomic mass is 9.53. The van der Waals surface area contributed by atoms with Crippen LogP contribution in [0.4, 0.5) is 5.69 Å². The molecule has 0 amide bonds. The van der Waals surface area contributed by atoms with Crippen molar-refractivity contribution in [1.29, 1.82) is 10.7 Å². The number of benzene rings is 2. The molecule has 5 aliphatic rings. The van der Waals surface area contributed by atoms with E-state index in [0.29, 0.717) is 28.4 Å². The molecule has 1 aliphatic heterocycles. The van der Waals surface area contributed by atoms with E-state index in [9.17, 15) is 10.7 Å². The van der Waals surface area contributed by atoms with Crippen molar-refractivity contribution < 1.29 is 4.74 Å². The lowest BCUT2D eigenvalue weighted by Gasteiger charge is -2.57. The SMILES string of the molecule is N#Cc1ccc2c(c1)Oc1ncn(C34CC5CC(CC(C5)C3)C4)c(=N)c1C2c1cccc(N)c1. The van der Waals surface area contributed by atoms with E-state index in [1.165, 1.54) is 19.3 Å². The molecule has 1 atom stereocenters. The fourth-order valence-electron chi connectivity index (χ4n) is 7.80. The number of ether oxygens (including phenoxy) is 1. The molecule has 4 bridgehead atoms. The second kappa shape index (κ2) is 6.96. The van der Waals surface area contributed by atoms with Crippen molar-refractivity contribution in [1.82, 2.24) is 9.55 Å². The highest BCUT2D eigenvalue weighted by Gasteiger charge is 2.52. The number of nitriles is 1. The van der Waals surface area contributed by atoms with Crippen molar-refractivity contribution in [2.45, 2.75) is 50.0 Å². The van der Waals surface area contributed by atoms with Crippen LogP contribution in [0, 0.1) is 34.5 Å². The Morgan fingerprint density at radius 1 is 1.06 bits per heavy atom. The summed E-state index contributed by atoms with van der Waals surface area (Å²) in [5, 5.41) is 18.9. The van der Waals surface area contributed by atoms with E-state index in [2.05, 4.69) is 16.7 Å². The fourth-order valence-corrected chi connectivity index (χ4v) is 7.80. The predicted molar refractivity (Wildman–Crippen MR) is 127 cm³/mol. The van der Waals surface area contributed by atoms with Gasteiger partial charge in [0.2, 0.25) is 5.88 Å². The van der Waals surface area contributed by atoms with Gasteiger partial charge in [-0.25, -0.2) is 4.98 Å². The third kappa shape index (κ3) is 2.79. The van der Waals surface area contributed by atoms with Gasteiger partial charge in [-0.05, 0) is 86.1 Å². The molecule has 4 saturated carbocycles. The van der Waals surface area contributed by atoms with Crippen LogP contribution in [-0.4, -0.2) is 9.55 Å². The number of nitrogens with two attached hydrogens (primary N) is 1. The molecule has 0 radical (unpaired) electrons. The summed E-state index contributed by atoms with van der Waals surface area (Å²) >= 11 is 0. The number of anilines is 1. The van der Waals surface area contributed by atoms with E-state index < -0.39 is 0 Å². The topological polar surface area (TPSA) is 101 Å². The third-order valence-electron chi connectivity index (χ3n) is 8.73. The van der Waals surface area contributed by atoms with E-state index >= 15 is 0 Å². The number of hydrogen-bond donors (Lipinski definition) is 2. The second-order valence-electron chi connectivity index (χ2n) is 10.9. The maximum Gasteiger partial charge on any atom is 0.228 e. The molecule has 8 rings (SSSR count). The third-order valence-corrected chi connectivity index (χ3v) is 8.73. The van der Waals surface area contributed by atoms with Gasteiger partial charge in [0.25, 0.3) is 0 Å². The minimum Gasteiger partial charge on any atom is -0.438 e. The van der Waals surface area contributed by atoms with E-state index in [1.54, 1.807) is 6.07 Å². The Bertz CT molecular complexity index is 1400. The van der Waals surface area contributed by atoms with Crippen LogP contribution >= 0.6 is 0 Å². The van der Waals surface area contributed by atoms with Gasteiger partial charge in [0, 0.05) is 22.7 Å². The van der Waals surface area contributed by atoms with Crippen LogP contribution in [0.1, 0.15) is 66.7 Å². The summed E-state index contributed by atoms with van der Waals surface area (Å²) in [7, 11) is 0. The summed E-state index contributed by atoms with van der Waals surface area (Å²) < 4.78 is 8.42. The van der Waals surface area contributed by atoms with E-state index in [-0.39, 0.29) is 11.5 Å². The molecule has 4 fully saturated rings. The monoisotopic (exact) mass is 449 g/mol. The van der Waals surface area contributed by atoms with Gasteiger partial charge in [-0.2, -0.15) is 5.26 Å². The van der Waals surface area contributed by atoms with Crippen LogP contribution in [0.25, 0.3) is 0 Å². The van der Waals surface area contributed by atoms with Crippen LogP contribution in [0.3, 0.4) is 0 Å².